The highest BCUT2D eigenvalue weighted by molar-refractivity contribution is 5.96. The fourth-order valence-electron chi connectivity index (χ4n) is 3.13. The maximum Gasteiger partial charge on any atom is 0.326 e. The predicted molar refractivity (Wildman–Crippen MR) is 69.5 cm³/mol. The van der Waals surface area contributed by atoms with Crippen molar-refractivity contribution in [2.45, 2.75) is 51.0 Å². The van der Waals surface area contributed by atoms with Crippen LogP contribution in [0.25, 0.3) is 0 Å². The van der Waals surface area contributed by atoms with Crippen LogP contribution in [0, 0.1) is 0 Å². The number of carboxylic acids is 1. The van der Waals surface area contributed by atoms with Crippen molar-refractivity contribution >= 4 is 11.9 Å². The van der Waals surface area contributed by atoms with Crippen molar-refractivity contribution in [2.24, 2.45) is 0 Å². The maximum atomic E-state index is 12.5. The predicted octanol–water partition coefficient (Wildman–Crippen LogP) is 1.63. The summed E-state index contributed by atoms with van der Waals surface area (Å²) in [7, 11) is 0. The number of rotatable bonds is 2. The standard InChI is InChI=1S/C14H18N2O4/c17-13(16-8-4-6-10(16)14(18)19)12-9-5-2-1-3-7-11(9)20-15-12/h10H,1-8H2,(H,18,19)/t10-/m0/s1. The van der Waals surface area contributed by atoms with Crippen molar-refractivity contribution in [2.75, 3.05) is 6.54 Å². The van der Waals surface area contributed by atoms with Crippen molar-refractivity contribution in [3.63, 3.8) is 0 Å². The van der Waals surface area contributed by atoms with Crippen LogP contribution in [0.5, 0.6) is 0 Å². The zero-order valence-electron chi connectivity index (χ0n) is 11.3. The van der Waals surface area contributed by atoms with Crippen molar-refractivity contribution in [1.82, 2.24) is 10.1 Å². The molecule has 1 amide bonds. The van der Waals surface area contributed by atoms with Crippen LogP contribution in [0.3, 0.4) is 0 Å². The van der Waals surface area contributed by atoms with Gasteiger partial charge in [0.1, 0.15) is 11.8 Å². The molecule has 2 heterocycles. The van der Waals surface area contributed by atoms with Gasteiger partial charge in [-0.15, -0.1) is 0 Å². The highest BCUT2D eigenvalue weighted by atomic mass is 16.5. The van der Waals surface area contributed by atoms with Crippen molar-refractivity contribution in [3.8, 4) is 0 Å². The summed E-state index contributed by atoms with van der Waals surface area (Å²) in [6, 6.07) is -0.722. The monoisotopic (exact) mass is 278 g/mol. The number of hydrogen-bond donors (Lipinski definition) is 1. The molecule has 2 aliphatic rings. The summed E-state index contributed by atoms with van der Waals surface area (Å²) in [4.78, 5) is 25.2. The fourth-order valence-corrected chi connectivity index (χ4v) is 3.13. The average molecular weight is 278 g/mol. The highest BCUT2D eigenvalue weighted by Crippen LogP contribution is 2.27. The van der Waals surface area contributed by atoms with Crippen LogP contribution < -0.4 is 0 Å². The minimum absolute atomic E-state index is 0.290. The number of nitrogens with zero attached hydrogens (tertiary/aromatic N) is 2. The van der Waals surface area contributed by atoms with Crippen molar-refractivity contribution in [3.05, 3.63) is 17.0 Å². The number of amides is 1. The molecule has 1 aliphatic heterocycles. The quantitative estimate of drug-likeness (QED) is 0.831. The number of fused-ring (bicyclic) bond motifs is 1. The van der Waals surface area contributed by atoms with Gasteiger partial charge in [0.05, 0.1) is 0 Å². The van der Waals surface area contributed by atoms with Crippen LogP contribution in [0.1, 0.15) is 53.9 Å². The third kappa shape index (κ3) is 2.19. The molecule has 1 N–H and O–H groups in total. The van der Waals surface area contributed by atoms with E-state index in [0.29, 0.717) is 18.7 Å². The minimum atomic E-state index is -0.939. The van der Waals surface area contributed by atoms with E-state index in [9.17, 15) is 14.7 Å². The van der Waals surface area contributed by atoms with Gasteiger partial charge >= 0.3 is 5.97 Å². The lowest BCUT2D eigenvalue weighted by Gasteiger charge is -2.20. The molecular formula is C14H18N2O4. The van der Waals surface area contributed by atoms with Crippen LogP contribution in [-0.4, -0.2) is 39.6 Å². The van der Waals surface area contributed by atoms with E-state index in [1.807, 2.05) is 0 Å². The van der Waals surface area contributed by atoms with Crippen LogP contribution >= 0.6 is 0 Å². The van der Waals surface area contributed by atoms with Gasteiger partial charge in [-0.05, 0) is 32.1 Å². The molecule has 1 aromatic heterocycles. The Morgan fingerprint density at radius 3 is 2.80 bits per heavy atom. The number of aliphatic carboxylic acids is 1. The van der Waals surface area contributed by atoms with Gasteiger partial charge in [0.2, 0.25) is 0 Å². The number of carboxylic acid groups (broad SMARTS) is 1. The van der Waals surface area contributed by atoms with Gasteiger partial charge in [0.25, 0.3) is 5.91 Å². The number of aromatic nitrogens is 1. The molecule has 1 fully saturated rings. The normalized spacial score (nSPS) is 22.4. The summed E-state index contributed by atoms with van der Waals surface area (Å²) in [5.74, 6) is -0.427. The molecule has 108 valence electrons. The molecule has 0 radical (unpaired) electrons. The van der Waals surface area contributed by atoms with Gasteiger partial charge in [-0.25, -0.2) is 4.79 Å². The van der Waals surface area contributed by atoms with Gasteiger partial charge < -0.3 is 14.5 Å². The molecule has 1 saturated heterocycles. The van der Waals surface area contributed by atoms with Crippen LogP contribution in [0.15, 0.2) is 4.52 Å². The molecule has 3 rings (SSSR count). The van der Waals surface area contributed by atoms with Crippen LogP contribution in [0.2, 0.25) is 0 Å². The highest BCUT2D eigenvalue weighted by Gasteiger charge is 2.37. The molecule has 1 atom stereocenters. The molecule has 0 unspecified atom stereocenters. The first-order valence-corrected chi connectivity index (χ1v) is 7.19. The second kappa shape index (κ2) is 5.26. The fraction of sp³-hybridized carbons (Fsp3) is 0.643. The van der Waals surface area contributed by atoms with Gasteiger partial charge in [-0.3, -0.25) is 4.79 Å². The molecule has 0 bridgehead atoms. The first-order chi connectivity index (χ1) is 9.68. The van der Waals surface area contributed by atoms with Crippen LogP contribution in [0.4, 0.5) is 0 Å². The van der Waals surface area contributed by atoms with E-state index in [0.717, 1.165) is 49.8 Å². The maximum absolute atomic E-state index is 12.5. The summed E-state index contributed by atoms with van der Waals surface area (Å²) in [5, 5.41) is 13.1. The zero-order valence-corrected chi connectivity index (χ0v) is 11.3. The SMILES string of the molecule is O=C(O)[C@@H]1CCCN1C(=O)c1noc2c1CCCCC2. The minimum Gasteiger partial charge on any atom is -0.480 e. The summed E-state index contributed by atoms with van der Waals surface area (Å²) in [6.07, 6.45) is 6.06. The van der Waals surface area contributed by atoms with Crippen molar-refractivity contribution in [1.29, 1.82) is 0 Å². The third-order valence-corrected chi connectivity index (χ3v) is 4.20. The van der Waals surface area contributed by atoms with Gasteiger partial charge in [0.15, 0.2) is 5.69 Å². The van der Waals surface area contributed by atoms with E-state index >= 15 is 0 Å². The van der Waals surface area contributed by atoms with E-state index in [1.165, 1.54) is 4.90 Å². The van der Waals surface area contributed by atoms with Crippen LogP contribution in [-0.2, 0) is 17.6 Å². The molecule has 6 heteroatoms. The molecule has 20 heavy (non-hydrogen) atoms. The lowest BCUT2D eigenvalue weighted by molar-refractivity contribution is -0.141. The summed E-state index contributed by atoms with van der Waals surface area (Å²) in [5.41, 5.74) is 1.22. The van der Waals surface area contributed by atoms with E-state index in [-0.39, 0.29) is 5.91 Å². The lowest BCUT2D eigenvalue weighted by Crippen LogP contribution is -2.40. The van der Waals surface area contributed by atoms with Crippen molar-refractivity contribution < 1.29 is 19.2 Å². The first kappa shape index (κ1) is 13.1. The number of aryl methyl sites for hydroxylation is 1. The number of carbonyl (C=O) groups is 2. The van der Waals surface area contributed by atoms with E-state index < -0.39 is 12.0 Å². The molecule has 0 saturated carbocycles. The molecule has 1 aromatic rings. The van der Waals surface area contributed by atoms with E-state index in [1.54, 1.807) is 0 Å². The van der Waals surface area contributed by atoms with E-state index in [4.69, 9.17) is 4.52 Å². The number of hydrogen-bond acceptors (Lipinski definition) is 4. The Hall–Kier alpha value is -1.85. The number of carbonyl (C=O) groups excluding carboxylic acids is 1. The second-order valence-electron chi connectivity index (χ2n) is 5.49. The smallest absolute Gasteiger partial charge is 0.326 e. The Labute approximate surface area is 116 Å². The Balaban J connectivity index is 1.87. The van der Waals surface area contributed by atoms with Gasteiger partial charge in [-0.2, -0.15) is 0 Å². The Morgan fingerprint density at radius 2 is 2.00 bits per heavy atom. The molecule has 0 spiro atoms. The third-order valence-electron chi connectivity index (χ3n) is 4.20. The second-order valence-corrected chi connectivity index (χ2v) is 5.49. The summed E-state index contributed by atoms with van der Waals surface area (Å²) < 4.78 is 5.30. The largest absolute Gasteiger partial charge is 0.480 e. The molecular weight excluding hydrogens is 260 g/mol. The first-order valence-electron chi connectivity index (χ1n) is 7.19. The molecule has 0 aromatic carbocycles. The molecule has 1 aliphatic carbocycles. The summed E-state index contributed by atoms with van der Waals surface area (Å²) >= 11 is 0. The zero-order chi connectivity index (χ0) is 14.1. The topological polar surface area (TPSA) is 83.6 Å². The number of likely N-dealkylation sites (tertiary alicyclic amines) is 1. The average Bonchev–Trinajstić information content (AvgIpc) is 3.00. The van der Waals surface area contributed by atoms with E-state index in [2.05, 4.69) is 5.16 Å². The van der Waals surface area contributed by atoms with Gasteiger partial charge in [-0.1, -0.05) is 11.6 Å². The van der Waals surface area contributed by atoms with Gasteiger partial charge in [0, 0.05) is 18.5 Å². The lowest BCUT2D eigenvalue weighted by atomic mass is 10.1. The molecule has 6 nitrogen and oxygen atoms in total. The Kier molecular flexibility index (Phi) is 3.46. The Bertz CT molecular complexity index is 537. The Morgan fingerprint density at radius 1 is 1.20 bits per heavy atom. The summed E-state index contributed by atoms with van der Waals surface area (Å²) in [6.45, 7) is 0.484.